The molecule has 0 saturated heterocycles. The molecule has 0 aromatic heterocycles. The Morgan fingerprint density at radius 2 is 1.48 bits per heavy atom. The van der Waals surface area contributed by atoms with E-state index in [0.717, 1.165) is 67.4 Å². The quantitative estimate of drug-likeness (QED) is 0.126. The third kappa shape index (κ3) is 11.0. The second-order valence-corrected chi connectivity index (χ2v) is 22.6. The van der Waals surface area contributed by atoms with Crippen molar-refractivity contribution in [1.82, 2.24) is 4.90 Å². The van der Waals surface area contributed by atoms with Crippen molar-refractivity contribution in [3.63, 3.8) is 0 Å². The molecule has 1 unspecified atom stereocenters. The fourth-order valence-electron chi connectivity index (χ4n) is 5.72. The summed E-state index contributed by atoms with van der Waals surface area (Å²) in [6.45, 7) is 25.3. The van der Waals surface area contributed by atoms with Crippen molar-refractivity contribution in [2.45, 2.75) is 91.3 Å². The maximum absolute atomic E-state index is 6.03. The van der Waals surface area contributed by atoms with E-state index in [1.807, 2.05) is 0 Å². The summed E-state index contributed by atoms with van der Waals surface area (Å²) in [7, 11) is 2.96. The van der Waals surface area contributed by atoms with Crippen LogP contribution in [0.4, 0.5) is 5.69 Å². The summed E-state index contributed by atoms with van der Waals surface area (Å²) in [6.07, 6.45) is 3.46. The summed E-state index contributed by atoms with van der Waals surface area (Å²) in [5.74, 6) is 0. The van der Waals surface area contributed by atoms with Crippen LogP contribution in [0.1, 0.15) is 57.7 Å². The van der Waals surface area contributed by atoms with Crippen molar-refractivity contribution in [1.29, 1.82) is 0 Å². The molecule has 1 atom stereocenters. The molecule has 1 rings (SSSR count). The summed E-state index contributed by atoms with van der Waals surface area (Å²) in [5.41, 5.74) is 4.47. The zero-order valence-corrected chi connectivity index (χ0v) is 34.2. The highest BCUT2D eigenvalue weighted by Gasteiger charge is 2.47. The van der Waals surface area contributed by atoms with Crippen LogP contribution in [-0.2, 0) is 28.6 Å². The Hall–Kier alpha value is -0.136. The van der Waals surface area contributed by atoms with E-state index >= 15 is 0 Å². The smallest absolute Gasteiger partial charge is 0.394 e. The van der Waals surface area contributed by atoms with Crippen LogP contribution in [0.5, 0.6) is 0 Å². The molecule has 0 aliphatic heterocycles. The van der Waals surface area contributed by atoms with Crippen molar-refractivity contribution < 1.29 is 22.1 Å². The fraction of sp³-hybridized carbons (Fsp3) is 0.800. The van der Waals surface area contributed by atoms with Gasteiger partial charge in [-0.15, -0.1) is 0 Å². The Balaban J connectivity index is 3.31. The van der Waals surface area contributed by atoms with Crippen LogP contribution in [0.2, 0.25) is 38.3 Å². The van der Waals surface area contributed by atoms with Crippen molar-refractivity contribution >= 4 is 61.3 Å². The maximum atomic E-state index is 6.03. The normalized spacial score (nSPS) is 13.3. The summed E-state index contributed by atoms with van der Waals surface area (Å²) in [4.78, 5) is 5.07. The van der Waals surface area contributed by atoms with Gasteiger partial charge in [-0.2, -0.15) is 0 Å². The Kier molecular flexibility index (Phi) is 19.8. The van der Waals surface area contributed by atoms with Crippen LogP contribution >= 0.6 is 0 Å². The molecule has 0 N–H and O–H groups in total. The molecule has 241 valence electrons. The second kappa shape index (κ2) is 20.8. The fourth-order valence-corrected chi connectivity index (χ4v) is 13.5. The molecule has 5 radical (unpaired) electrons. The molecule has 0 fully saturated rings. The van der Waals surface area contributed by atoms with Gasteiger partial charge < -0.3 is 31.9 Å². The highest BCUT2D eigenvalue weighted by Crippen LogP contribution is 2.35. The van der Waals surface area contributed by atoms with Gasteiger partial charge in [-0.25, -0.2) is 0 Å². The Morgan fingerprint density at radius 1 is 0.905 bits per heavy atom. The first-order valence-electron chi connectivity index (χ1n) is 15.7. The van der Waals surface area contributed by atoms with Gasteiger partial charge in [0.05, 0.1) is 32.7 Å². The summed E-state index contributed by atoms with van der Waals surface area (Å²) >= 11 is 0. The van der Waals surface area contributed by atoms with E-state index in [4.69, 9.17) is 22.1 Å². The number of nitrogens with zero attached hydrogens (tertiary/aromatic N) is 2. The third-order valence-corrected chi connectivity index (χ3v) is 17.4. The zero-order chi connectivity index (χ0) is 31.9. The Bertz CT molecular complexity index is 874. The van der Waals surface area contributed by atoms with Crippen LogP contribution in [0.25, 0.3) is 0 Å². The van der Waals surface area contributed by atoms with Gasteiger partial charge in [-0.05, 0) is 82.7 Å². The van der Waals surface area contributed by atoms with E-state index in [-0.39, 0.29) is 5.54 Å². The lowest BCUT2D eigenvalue weighted by molar-refractivity contribution is 0.114. The van der Waals surface area contributed by atoms with Crippen LogP contribution in [0.3, 0.4) is 0 Å². The van der Waals surface area contributed by atoms with Gasteiger partial charge in [0.15, 0.2) is 0 Å². The lowest BCUT2D eigenvalue weighted by atomic mass is 10.0. The lowest BCUT2D eigenvalue weighted by Crippen LogP contribution is -2.51. The van der Waals surface area contributed by atoms with Gasteiger partial charge in [-0.3, -0.25) is 0 Å². The minimum absolute atomic E-state index is 0.0465. The number of anilines is 1. The Labute approximate surface area is 268 Å². The molecule has 42 heavy (non-hydrogen) atoms. The van der Waals surface area contributed by atoms with Gasteiger partial charge in [0.25, 0.3) is 0 Å². The molecular formula is C30H61N2O5Si5. The predicted octanol–water partition coefficient (Wildman–Crippen LogP) is 4.48. The molecule has 0 heterocycles. The van der Waals surface area contributed by atoms with Crippen molar-refractivity contribution in [3.8, 4) is 0 Å². The van der Waals surface area contributed by atoms with E-state index < -0.39 is 35.7 Å². The predicted molar refractivity (Wildman–Crippen MR) is 190 cm³/mol. The summed E-state index contributed by atoms with van der Waals surface area (Å²) < 4.78 is 29.7. The third-order valence-electron chi connectivity index (χ3n) is 7.87. The second-order valence-electron chi connectivity index (χ2n) is 11.2. The van der Waals surface area contributed by atoms with Crippen LogP contribution in [-0.4, -0.2) is 117 Å². The van der Waals surface area contributed by atoms with Gasteiger partial charge >= 0.3 is 18.1 Å². The molecule has 7 nitrogen and oxygen atoms in total. The molecule has 0 saturated carbocycles. The van der Waals surface area contributed by atoms with Crippen LogP contribution in [0.15, 0.2) is 6.07 Å². The molecule has 1 aromatic rings. The van der Waals surface area contributed by atoms with Gasteiger partial charge in [0.1, 0.15) is 0 Å². The molecule has 0 bridgehead atoms. The van der Waals surface area contributed by atoms with E-state index in [1.54, 1.807) is 37.3 Å². The highest BCUT2D eigenvalue weighted by molar-refractivity contribution is 6.76. The number of benzene rings is 1. The molecule has 1 aromatic carbocycles. The SMILES string of the molecule is CCO[Si](CCCN(C)C[Si]CCc1c([Si](C)C)cc(C(C)[Si](OC)(OC)OC)c(N(CC)CC)c1[Si](C)C)OCC. The minimum atomic E-state index is -2.89. The van der Waals surface area contributed by atoms with Gasteiger partial charge in [-0.1, -0.05) is 50.4 Å². The molecule has 0 spiro atoms. The topological polar surface area (TPSA) is 52.6 Å². The lowest BCUT2D eigenvalue weighted by Gasteiger charge is -2.37. The van der Waals surface area contributed by atoms with Gasteiger partial charge in [0.2, 0.25) is 0 Å². The largest absolute Gasteiger partial charge is 0.507 e. The van der Waals surface area contributed by atoms with E-state index in [0.29, 0.717) is 0 Å². The number of hydrogen-bond donors (Lipinski definition) is 0. The molecule has 0 aliphatic carbocycles. The summed E-state index contributed by atoms with van der Waals surface area (Å²) in [5, 5.41) is 3.21. The molecular weight excluding hydrogens is 609 g/mol. The zero-order valence-electron chi connectivity index (χ0n) is 29.2. The first-order chi connectivity index (χ1) is 20.0. The van der Waals surface area contributed by atoms with E-state index in [1.165, 1.54) is 17.3 Å². The first kappa shape index (κ1) is 39.9. The molecule has 0 aliphatic rings. The minimum Gasteiger partial charge on any atom is -0.394 e. The van der Waals surface area contributed by atoms with Crippen LogP contribution < -0.4 is 15.3 Å². The average molecular weight is 670 g/mol. The molecule has 0 amide bonds. The van der Waals surface area contributed by atoms with Crippen molar-refractivity contribution in [2.75, 3.05) is 72.3 Å². The Morgan fingerprint density at radius 3 is 1.93 bits per heavy atom. The van der Waals surface area contributed by atoms with E-state index in [9.17, 15) is 0 Å². The maximum Gasteiger partial charge on any atom is 0.507 e. The average Bonchev–Trinajstić information content (AvgIpc) is 2.96. The van der Waals surface area contributed by atoms with E-state index in [2.05, 4.69) is 83.7 Å². The first-order valence-corrected chi connectivity index (χ1v) is 25.5. The van der Waals surface area contributed by atoms with Crippen LogP contribution in [0, 0.1) is 0 Å². The summed E-state index contributed by atoms with van der Waals surface area (Å²) in [6, 6.07) is 4.82. The standard InChI is InChI=1S/C30H61N2O5Si5/c1-14-32(15-2)29-27(25(5)42(33-7,34-8)35-9)23-28(39(10)11)26(30(29)40(12)13)19-21-38-24-31(6)20-18-22-41(36-16-3)37-17-4/h23,25H,14-22,24H2,1-13H3. The van der Waals surface area contributed by atoms with Gasteiger partial charge in [0, 0.05) is 53.3 Å². The number of hydrogen-bond acceptors (Lipinski definition) is 7. The van der Waals surface area contributed by atoms with Crippen molar-refractivity contribution in [2.24, 2.45) is 0 Å². The highest BCUT2D eigenvalue weighted by atomic mass is 28.4. The van der Waals surface area contributed by atoms with Crippen molar-refractivity contribution in [3.05, 3.63) is 17.2 Å². The molecule has 12 heteroatoms. The number of rotatable bonds is 23. The monoisotopic (exact) mass is 669 g/mol.